The van der Waals surface area contributed by atoms with Gasteiger partial charge in [-0.3, -0.25) is 4.79 Å². The molecular weight excluding hydrogens is 270 g/mol. The Morgan fingerprint density at radius 1 is 1.15 bits per heavy atom. The second kappa shape index (κ2) is 8.31. The summed E-state index contributed by atoms with van der Waals surface area (Å²) >= 11 is 5.92. The normalized spacial score (nSPS) is 12.8. The average Bonchev–Trinajstić information content (AvgIpc) is 2.42. The molecule has 0 aromatic heterocycles. The summed E-state index contributed by atoms with van der Waals surface area (Å²) in [5.41, 5.74) is 1.03. The Morgan fingerprint density at radius 2 is 1.70 bits per heavy atom. The first-order valence-corrected chi connectivity index (χ1v) is 7.90. The number of hydrogen-bond donors (Lipinski definition) is 1. The fourth-order valence-corrected chi connectivity index (χ4v) is 2.57. The quantitative estimate of drug-likeness (QED) is 0.780. The molecule has 20 heavy (non-hydrogen) atoms. The van der Waals surface area contributed by atoms with E-state index >= 15 is 0 Å². The Kier molecular flexibility index (Phi) is 7.08. The molecule has 1 unspecified atom stereocenters. The van der Waals surface area contributed by atoms with Crippen LogP contribution < -0.4 is 5.32 Å². The van der Waals surface area contributed by atoms with E-state index in [1.54, 1.807) is 0 Å². The van der Waals surface area contributed by atoms with E-state index in [1.165, 1.54) is 0 Å². The molecule has 2 nitrogen and oxygen atoms in total. The highest BCUT2D eigenvalue weighted by atomic mass is 35.5. The van der Waals surface area contributed by atoms with Gasteiger partial charge in [0.2, 0.25) is 5.91 Å². The van der Waals surface area contributed by atoms with E-state index in [0.717, 1.165) is 24.9 Å². The predicted octanol–water partition coefficient (Wildman–Crippen LogP) is 4.63. The minimum Gasteiger partial charge on any atom is -0.355 e. The van der Waals surface area contributed by atoms with Gasteiger partial charge in [-0.25, -0.2) is 0 Å². The number of halogens is 1. The molecule has 0 aliphatic rings. The van der Waals surface area contributed by atoms with Crippen LogP contribution in [-0.4, -0.2) is 12.5 Å². The molecule has 3 heteroatoms. The standard InChI is InChI=1S/C17H26ClNO/c1-5-13(6-2)11-19-17(20)16(12(3)4)14-7-9-15(18)10-8-14/h7-10,12-13,16H,5-6,11H2,1-4H3,(H,19,20). The molecule has 1 aromatic rings. The van der Waals surface area contributed by atoms with Gasteiger partial charge in [0, 0.05) is 11.6 Å². The maximum absolute atomic E-state index is 12.5. The molecule has 112 valence electrons. The van der Waals surface area contributed by atoms with Crippen LogP contribution in [0.25, 0.3) is 0 Å². The molecular formula is C17H26ClNO. The zero-order chi connectivity index (χ0) is 15.1. The van der Waals surface area contributed by atoms with Crippen LogP contribution in [0.2, 0.25) is 5.02 Å². The number of hydrogen-bond acceptors (Lipinski definition) is 1. The lowest BCUT2D eigenvalue weighted by Gasteiger charge is -2.22. The number of rotatable bonds is 7. The molecule has 0 heterocycles. The number of carbonyl (C=O) groups is 1. The van der Waals surface area contributed by atoms with Crippen LogP contribution in [-0.2, 0) is 4.79 Å². The van der Waals surface area contributed by atoms with E-state index in [9.17, 15) is 4.79 Å². The molecule has 0 aliphatic carbocycles. The predicted molar refractivity (Wildman–Crippen MR) is 86.1 cm³/mol. The smallest absolute Gasteiger partial charge is 0.227 e. The summed E-state index contributed by atoms with van der Waals surface area (Å²) < 4.78 is 0. The highest BCUT2D eigenvalue weighted by Crippen LogP contribution is 2.26. The largest absolute Gasteiger partial charge is 0.355 e. The molecule has 1 atom stereocenters. The van der Waals surface area contributed by atoms with Crippen LogP contribution >= 0.6 is 11.6 Å². The van der Waals surface area contributed by atoms with Crippen molar-refractivity contribution in [1.82, 2.24) is 5.32 Å². The van der Waals surface area contributed by atoms with Crippen LogP contribution in [0.1, 0.15) is 52.0 Å². The van der Waals surface area contributed by atoms with Gasteiger partial charge < -0.3 is 5.32 Å². The highest BCUT2D eigenvalue weighted by Gasteiger charge is 2.24. The van der Waals surface area contributed by atoms with Crippen molar-refractivity contribution in [3.63, 3.8) is 0 Å². The molecule has 0 aliphatic heterocycles. The topological polar surface area (TPSA) is 29.1 Å². The van der Waals surface area contributed by atoms with Crippen LogP contribution in [0.5, 0.6) is 0 Å². The van der Waals surface area contributed by atoms with Crippen molar-refractivity contribution < 1.29 is 4.79 Å². The summed E-state index contributed by atoms with van der Waals surface area (Å²) in [7, 11) is 0. The first-order valence-electron chi connectivity index (χ1n) is 7.52. The molecule has 1 N–H and O–H groups in total. The fourth-order valence-electron chi connectivity index (χ4n) is 2.44. The number of benzene rings is 1. The number of carbonyl (C=O) groups excluding carboxylic acids is 1. The van der Waals surface area contributed by atoms with Gasteiger partial charge in [0.05, 0.1) is 5.92 Å². The van der Waals surface area contributed by atoms with Crippen molar-refractivity contribution in [2.24, 2.45) is 11.8 Å². The monoisotopic (exact) mass is 295 g/mol. The zero-order valence-electron chi connectivity index (χ0n) is 12.9. The number of nitrogens with one attached hydrogen (secondary N) is 1. The lowest BCUT2D eigenvalue weighted by atomic mass is 9.87. The van der Waals surface area contributed by atoms with E-state index in [4.69, 9.17) is 11.6 Å². The second-order valence-electron chi connectivity index (χ2n) is 5.70. The molecule has 0 fully saturated rings. The zero-order valence-corrected chi connectivity index (χ0v) is 13.7. The van der Waals surface area contributed by atoms with Crippen molar-refractivity contribution in [3.05, 3.63) is 34.9 Å². The summed E-state index contributed by atoms with van der Waals surface area (Å²) in [5, 5.41) is 3.81. The summed E-state index contributed by atoms with van der Waals surface area (Å²) in [6.45, 7) is 9.26. The summed E-state index contributed by atoms with van der Waals surface area (Å²) in [6.07, 6.45) is 2.20. The SMILES string of the molecule is CCC(CC)CNC(=O)C(c1ccc(Cl)cc1)C(C)C. The van der Waals surface area contributed by atoms with Crippen LogP contribution in [0.3, 0.4) is 0 Å². The van der Waals surface area contributed by atoms with Crippen LogP contribution in [0, 0.1) is 11.8 Å². The summed E-state index contributed by atoms with van der Waals surface area (Å²) in [4.78, 5) is 12.5. The van der Waals surface area contributed by atoms with Gasteiger partial charge >= 0.3 is 0 Å². The van der Waals surface area contributed by atoms with Crippen molar-refractivity contribution in [3.8, 4) is 0 Å². The van der Waals surface area contributed by atoms with E-state index < -0.39 is 0 Å². The Morgan fingerprint density at radius 3 is 2.15 bits per heavy atom. The molecule has 1 amide bonds. The van der Waals surface area contributed by atoms with Crippen molar-refractivity contribution >= 4 is 17.5 Å². The molecule has 1 rings (SSSR count). The highest BCUT2D eigenvalue weighted by molar-refractivity contribution is 6.30. The lowest BCUT2D eigenvalue weighted by Crippen LogP contribution is -2.35. The van der Waals surface area contributed by atoms with Crippen LogP contribution in [0.15, 0.2) is 24.3 Å². The molecule has 1 aromatic carbocycles. The first-order chi connectivity index (χ1) is 9.49. The third-order valence-corrected chi connectivity index (χ3v) is 4.15. The van der Waals surface area contributed by atoms with Gasteiger partial charge in [-0.05, 0) is 29.5 Å². The third-order valence-electron chi connectivity index (χ3n) is 3.90. The van der Waals surface area contributed by atoms with Gasteiger partial charge in [0.15, 0.2) is 0 Å². The van der Waals surface area contributed by atoms with Gasteiger partial charge in [-0.15, -0.1) is 0 Å². The van der Waals surface area contributed by atoms with Crippen molar-refractivity contribution in [1.29, 1.82) is 0 Å². The lowest BCUT2D eigenvalue weighted by molar-refractivity contribution is -0.123. The maximum Gasteiger partial charge on any atom is 0.227 e. The van der Waals surface area contributed by atoms with Crippen LogP contribution in [0.4, 0.5) is 0 Å². The molecule has 0 bridgehead atoms. The Hall–Kier alpha value is -1.02. The van der Waals surface area contributed by atoms with Crippen molar-refractivity contribution in [2.75, 3.05) is 6.54 Å². The van der Waals surface area contributed by atoms with E-state index in [-0.39, 0.29) is 17.7 Å². The Labute approximate surface area is 127 Å². The minimum atomic E-state index is -0.110. The summed E-state index contributed by atoms with van der Waals surface area (Å²) in [6, 6.07) is 7.59. The van der Waals surface area contributed by atoms with Crippen molar-refractivity contribution in [2.45, 2.75) is 46.5 Å². The second-order valence-corrected chi connectivity index (χ2v) is 6.14. The Balaban J connectivity index is 2.75. The van der Waals surface area contributed by atoms with E-state index in [1.807, 2.05) is 24.3 Å². The van der Waals surface area contributed by atoms with E-state index in [0.29, 0.717) is 10.9 Å². The van der Waals surface area contributed by atoms with Gasteiger partial charge in [-0.2, -0.15) is 0 Å². The van der Waals surface area contributed by atoms with E-state index in [2.05, 4.69) is 33.0 Å². The van der Waals surface area contributed by atoms with Gasteiger partial charge in [-0.1, -0.05) is 64.3 Å². The summed E-state index contributed by atoms with van der Waals surface area (Å²) in [5.74, 6) is 0.839. The average molecular weight is 296 g/mol. The molecule has 0 saturated carbocycles. The number of amides is 1. The molecule has 0 radical (unpaired) electrons. The molecule has 0 spiro atoms. The fraction of sp³-hybridized carbons (Fsp3) is 0.588. The Bertz CT molecular complexity index is 410. The minimum absolute atomic E-state index is 0.110. The first kappa shape index (κ1) is 17.0. The maximum atomic E-state index is 12.5. The third kappa shape index (κ3) is 4.82. The molecule has 0 saturated heterocycles. The van der Waals surface area contributed by atoms with Gasteiger partial charge in [0.25, 0.3) is 0 Å². The van der Waals surface area contributed by atoms with Gasteiger partial charge in [0.1, 0.15) is 0 Å².